The third-order valence-corrected chi connectivity index (χ3v) is 7.35. The van der Waals surface area contributed by atoms with Gasteiger partial charge in [0.05, 0.1) is 0 Å². The standard InChI is InChI=1S/C22H32N2O2S/c1-23(19-9-10-20(16-19)27-2)22(26)18-12-14-24(15-13-18)21(25)11-8-17-6-4-3-5-7-17/h3-7,18-20H,8-16H2,1-2H3/t19-,20-/m0/s1. The summed E-state index contributed by atoms with van der Waals surface area (Å²) >= 11 is 1.93. The number of hydrogen-bond acceptors (Lipinski definition) is 3. The van der Waals surface area contributed by atoms with Crippen LogP contribution in [0.4, 0.5) is 0 Å². The van der Waals surface area contributed by atoms with Crippen molar-refractivity contribution in [2.24, 2.45) is 5.92 Å². The summed E-state index contributed by atoms with van der Waals surface area (Å²) in [6.45, 7) is 1.44. The van der Waals surface area contributed by atoms with Crippen LogP contribution in [0, 0.1) is 5.92 Å². The summed E-state index contributed by atoms with van der Waals surface area (Å²) in [4.78, 5) is 29.3. The second-order valence-corrected chi connectivity index (χ2v) is 9.05. The Hall–Kier alpha value is -1.49. The zero-order valence-corrected chi connectivity index (χ0v) is 17.4. The van der Waals surface area contributed by atoms with Crippen molar-refractivity contribution < 1.29 is 9.59 Å². The quantitative estimate of drug-likeness (QED) is 0.748. The molecule has 0 spiro atoms. The maximum atomic E-state index is 12.9. The van der Waals surface area contributed by atoms with Gasteiger partial charge in [0.15, 0.2) is 0 Å². The number of amides is 2. The number of benzene rings is 1. The molecule has 27 heavy (non-hydrogen) atoms. The van der Waals surface area contributed by atoms with Crippen molar-refractivity contribution >= 4 is 23.6 Å². The van der Waals surface area contributed by atoms with Crippen LogP contribution in [0.2, 0.25) is 0 Å². The molecular weight excluding hydrogens is 356 g/mol. The molecule has 0 unspecified atom stereocenters. The fraction of sp³-hybridized carbons (Fsp3) is 0.636. The normalized spacial score (nSPS) is 23.4. The van der Waals surface area contributed by atoms with Gasteiger partial charge in [-0.15, -0.1) is 0 Å². The van der Waals surface area contributed by atoms with Gasteiger partial charge in [-0.05, 0) is 50.3 Å². The van der Waals surface area contributed by atoms with Gasteiger partial charge in [0, 0.05) is 43.8 Å². The van der Waals surface area contributed by atoms with Crippen LogP contribution < -0.4 is 0 Å². The van der Waals surface area contributed by atoms with E-state index in [1.54, 1.807) is 0 Å². The molecule has 0 aromatic heterocycles. The van der Waals surface area contributed by atoms with Crippen LogP contribution in [-0.2, 0) is 16.0 Å². The lowest BCUT2D eigenvalue weighted by Gasteiger charge is -2.35. The van der Waals surface area contributed by atoms with E-state index in [2.05, 4.69) is 18.4 Å². The molecule has 2 aliphatic rings. The molecule has 0 N–H and O–H groups in total. The molecule has 1 aromatic carbocycles. The van der Waals surface area contributed by atoms with Crippen LogP contribution in [0.25, 0.3) is 0 Å². The lowest BCUT2D eigenvalue weighted by Crippen LogP contribution is -2.45. The van der Waals surface area contributed by atoms with Gasteiger partial charge in [-0.25, -0.2) is 0 Å². The molecule has 3 rings (SSSR count). The Labute approximate surface area is 167 Å². The third-order valence-electron chi connectivity index (χ3n) is 6.25. The number of aryl methyl sites for hydroxylation is 1. The summed E-state index contributed by atoms with van der Waals surface area (Å²) in [6, 6.07) is 10.6. The van der Waals surface area contributed by atoms with Crippen LogP contribution in [0.5, 0.6) is 0 Å². The van der Waals surface area contributed by atoms with Crippen molar-refractivity contribution in [3.05, 3.63) is 35.9 Å². The molecule has 4 nitrogen and oxygen atoms in total. The van der Waals surface area contributed by atoms with E-state index in [1.165, 1.54) is 12.0 Å². The SMILES string of the molecule is CS[C@H]1CC[C@H](N(C)C(=O)C2CCN(C(=O)CCc3ccccc3)CC2)C1. The molecule has 0 bridgehead atoms. The predicted octanol–water partition coefficient (Wildman–Crippen LogP) is 3.60. The van der Waals surface area contributed by atoms with E-state index in [0.717, 1.165) is 45.2 Å². The summed E-state index contributed by atoms with van der Waals surface area (Å²) in [6.07, 6.45) is 8.60. The topological polar surface area (TPSA) is 40.6 Å². The van der Waals surface area contributed by atoms with Crippen molar-refractivity contribution in [2.45, 2.75) is 56.2 Å². The Morgan fingerprint density at radius 3 is 2.44 bits per heavy atom. The highest BCUT2D eigenvalue weighted by atomic mass is 32.2. The zero-order chi connectivity index (χ0) is 19.2. The maximum absolute atomic E-state index is 12.9. The highest BCUT2D eigenvalue weighted by Gasteiger charge is 2.34. The number of nitrogens with zero attached hydrogens (tertiary/aromatic N) is 2. The molecule has 1 heterocycles. The second-order valence-electron chi connectivity index (χ2n) is 7.91. The Bertz CT molecular complexity index is 628. The van der Waals surface area contributed by atoms with E-state index in [1.807, 2.05) is 46.8 Å². The Kier molecular flexibility index (Phi) is 7.22. The van der Waals surface area contributed by atoms with Crippen molar-refractivity contribution in [1.29, 1.82) is 0 Å². The number of likely N-dealkylation sites (tertiary alicyclic amines) is 1. The molecule has 1 saturated carbocycles. The van der Waals surface area contributed by atoms with Crippen LogP contribution in [0.15, 0.2) is 30.3 Å². The van der Waals surface area contributed by atoms with E-state index >= 15 is 0 Å². The van der Waals surface area contributed by atoms with Crippen LogP contribution in [-0.4, -0.2) is 59.3 Å². The van der Waals surface area contributed by atoms with Crippen LogP contribution in [0.3, 0.4) is 0 Å². The average Bonchev–Trinajstić information content (AvgIpc) is 3.21. The van der Waals surface area contributed by atoms with Crippen LogP contribution in [0.1, 0.15) is 44.1 Å². The van der Waals surface area contributed by atoms with Gasteiger partial charge in [0.1, 0.15) is 0 Å². The molecular formula is C22H32N2O2S. The fourth-order valence-electron chi connectivity index (χ4n) is 4.38. The van der Waals surface area contributed by atoms with Gasteiger partial charge in [-0.1, -0.05) is 30.3 Å². The van der Waals surface area contributed by atoms with Gasteiger partial charge in [0.25, 0.3) is 0 Å². The van der Waals surface area contributed by atoms with E-state index in [0.29, 0.717) is 17.7 Å². The van der Waals surface area contributed by atoms with E-state index in [9.17, 15) is 9.59 Å². The summed E-state index contributed by atoms with van der Waals surface area (Å²) < 4.78 is 0. The Balaban J connectivity index is 1.42. The van der Waals surface area contributed by atoms with Crippen molar-refractivity contribution in [2.75, 3.05) is 26.4 Å². The molecule has 2 atom stereocenters. The largest absolute Gasteiger partial charge is 0.343 e. The highest BCUT2D eigenvalue weighted by Crippen LogP contribution is 2.32. The monoisotopic (exact) mass is 388 g/mol. The Morgan fingerprint density at radius 1 is 1.11 bits per heavy atom. The highest BCUT2D eigenvalue weighted by molar-refractivity contribution is 7.99. The molecule has 0 radical (unpaired) electrons. The summed E-state index contributed by atoms with van der Waals surface area (Å²) in [5, 5.41) is 0.703. The summed E-state index contributed by atoms with van der Waals surface area (Å²) in [7, 11) is 1.98. The number of carbonyl (C=O) groups is 2. The van der Waals surface area contributed by atoms with Crippen molar-refractivity contribution in [3.8, 4) is 0 Å². The molecule has 5 heteroatoms. The minimum Gasteiger partial charge on any atom is -0.343 e. The molecule has 1 aliphatic carbocycles. The third kappa shape index (κ3) is 5.28. The molecule has 2 fully saturated rings. The average molecular weight is 389 g/mol. The van der Waals surface area contributed by atoms with Gasteiger partial charge in [0.2, 0.25) is 11.8 Å². The minimum absolute atomic E-state index is 0.0847. The van der Waals surface area contributed by atoms with Crippen molar-refractivity contribution in [1.82, 2.24) is 9.80 Å². The van der Waals surface area contributed by atoms with Gasteiger partial charge in [-0.2, -0.15) is 11.8 Å². The van der Waals surface area contributed by atoms with Crippen LogP contribution >= 0.6 is 11.8 Å². The number of carbonyl (C=O) groups excluding carboxylic acids is 2. The molecule has 1 saturated heterocycles. The fourth-order valence-corrected chi connectivity index (χ4v) is 5.17. The number of thioether (sulfide) groups is 1. The van der Waals surface area contributed by atoms with E-state index in [4.69, 9.17) is 0 Å². The first-order valence-electron chi connectivity index (χ1n) is 10.2. The first-order valence-corrected chi connectivity index (χ1v) is 11.5. The summed E-state index contributed by atoms with van der Waals surface area (Å²) in [5.41, 5.74) is 1.21. The molecule has 1 aliphatic heterocycles. The van der Waals surface area contributed by atoms with E-state index in [-0.39, 0.29) is 17.7 Å². The number of hydrogen-bond donors (Lipinski definition) is 0. The number of rotatable bonds is 6. The smallest absolute Gasteiger partial charge is 0.225 e. The molecule has 2 amide bonds. The zero-order valence-electron chi connectivity index (χ0n) is 16.6. The van der Waals surface area contributed by atoms with Crippen molar-refractivity contribution in [3.63, 3.8) is 0 Å². The predicted molar refractivity (Wildman–Crippen MR) is 112 cm³/mol. The van der Waals surface area contributed by atoms with Gasteiger partial charge >= 0.3 is 0 Å². The van der Waals surface area contributed by atoms with Gasteiger partial charge in [-0.3, -0.25) is 9.59 Å². The summed E-state index contributed by atoms with van der Waals surface area (Å²) in [5.74, 6) is 0.594. The molecule has 1 aromatic rings. The Morgan fingerprint density at radius 2 is 1.81 bits per heavy atom. The first-order chi connectivity index (χ1) is 13.1. The first kappa shape index (κ1) is 20.2. The number of piperidine rings is 1. The lowest BCUT2D eigenvalue weighted by atomic mass is 9.94. The maximum Gasteiger partial charge on any atom is 0.225 e. The lowest BCUT2D eigenvalue weighted by molar-refractivity contribution is -0.141. The second kappa shape index (κ2) is 9.63. The van der Waals surface area contributed by atoms with E-state index < -0.39 is 0 Å². The van der Waals surface area contributed by atoms with Gasteiger partial charge < -0.3 is 9.80 Å². The molecule has 148 valence electrons. The minimum atomic E-state index is 0.0847.